The fourth-order valence-electron chi connectivity index (χ4n) is 3.44. The highest BCUT2D eigenvalue weighted by molar-refractivity contribution is 6.17. The minimum absolute atomic E-state index is 0.141. The van der Waals surface area contributed by atoms with Crippen LogP contribution in [0.3, 0.4) is 0 Å². The van der Waals surface area contributed by atoms with Crippen LogP contribution in [0.4, 0.5) is 5.88 Å². The summed E-state index contributed by atoms with van der Waals surface area (Å²) >= 11 is 0. The molecule has 4 rings (SSSR count). The van der Waals surface area contributed by atoms with E-state index in [1.807, 2.05) is 30.1 Å². The normalized spacial score (nSPS) is 14.9. The van der Waals surface area contributed by atoms with E-state index in [0.29, 0.717) is 35.9 Å². The zero-order chi connectivity index (χ0) is 18.8. The van der Waals surface area contributed by atoms with Crippen molar-refractivity contribution in [2.75, 3.05) is 33.2 Å². The number of nitrogens with zero attached hydrogens (tertiary/aromatic N) is 4. The molecule has 0 atom stereocenters. The quantitative estimate of drug-likeness (QED) is 0.852. The Labute approximate surface area is 158 Å². The van der Waals surface area contributed by atoms with Gasteiger partial charge in [-0.25, -0.2) is 4.99 Å². The van der Waals surface area contributed by atoms with E-state index in [0.717, 1.165) is 25.5 Å². The number of aliphatic imine (C=N–C) groups is 2. The van der Waals surface area contributed by atoms with Crippen LogP contribution in [0.1, 0.15) is 27.2 Å². The molecule has 2 aliphatic heterocycles. The Morgan fingerprint density at radius 3 is 2.96 bits per heavy atom. The summed E-state index contributed by atoms with van der Waals surface area (Å²) in [5, 5.41) is 3.01. The average molecular weight is 365 g/mol. The number of rotatable bonds is 6. The highest BCUT2D eigenvalue weighted by Crippen LogP contribution is 2.34. The smallest absolute Gasteiger partial charge is 0.255 e. The number of carbonyl (C=O) groups excluding carboxylic acids is 1. The van der Waals surface area contributed by atoms with E-state index in [1.165, 1.54) is 5.56 Å². The summed E-state index contributed by atoms with van der Waals surface area (Å²) in [7, 11) is 2.05. The minimum atomic E-state index is -0.141. The lowest BCUT2D eigenvalue weighted by Crippen LogP contribution is -2.35. The van der Waals surface area contributed by atoms with Gasteiger partial charge in [0.15, 0.2) is 0 Å². The predicted octanol–water partition coefficient (Wildman–Crippen LogP) is 2.19. The predicted molar refractivity (Wildman–Crippen MR) is 105 cm³/mol. The summed E-state index contributed by atoms with van der Waals surface area (Å²) in [6.45, 7) is 5.44. The van der Waals surface area contributed by atoms with Gasteiger partial charge in [-0.1, -0.05) is 30.3 Å². The van der Waals surface area contributed by atoms with Gasteiger partial charge in [-0.05, 0) is 19.5 Å². The van der Waals surface area contributed by atoms with Gasteiger partial charge < -0.3 is 19.5 Å². The second kappa shape index (κ2) is 7.36. The maximum Gasteiger partial charge on any atom is 0.255 e. The number of furan rings is 1. The summed E-state index contributed by atoms with van der Waals surface area (Å²) < 4.78 is 5.70. The van der Waals surface area contributed by atoms with Crippen LogP contribution in [-0.2, 0) is 6.54 Å². The molecule has 0 unspecified atom stereocenters. The number of likely N-dealkylation sites (N-methyl/N-ethyl adjacent to an activating group) is 1. The number of fused-ring (bicyclic) bond motifs is 3. The summed E-state index contributed by atoms with van der Waals surface area (Å²) in [5.41, 5.74) is 2.50. The fourth-order valence-corrected chi connectivity index (χ4v) is 3.44. The number of hydrogen-bond acceptors (Lipinski definition) is 6. The largest absolute Gasteiger partial charge is 0.442 e. The summed E-state index contributed by atoms with van der Waals surface area (Å²) in [4.78, 5) is 25.8. The van der Waals surface area contributed by atoms with Crippen molar-refractivity contribution in [1.29, 1.82) is 0 Å². The molecular weight excluding hydrogens is 342 g/mol. The van der Waals surface area contributed by atoms with E-state index in [1.54, 1.807) is 13.3 Å². The first-order valence-corrected chi connectivity index (χ1v) is 9.13. The van der Waals surface area contributed by atoms with Crippen molar-refractivity contribution in [1.82, 2.24) is 15.1 Å². The SMILES string of the molecule is Cc1oc2c(c1C(=O)NCCN(C)Cc1ccccc1)C1=NCCN1C=N2. The van der Waals surface area contributed by atoms with E-state index in [4.69, 9.17) is 4.42 Å². The van der Waals surface area contributed by atoms with Gasteiger partial charge >= 0.3 is 0 Å². The van der Waals surface area contributed by atoms with Crippen LogP contribution >= 0.6 is 0 Å². The Balaban J connectivity index is 1.40. The number of aryl methyl sites for hydroxylation is 1. The Bertz CT molecular complexity index is 901. The molecule has 3 heterocycles. The first-order chi connectivity index (χ1) is 13.1. The second-order valence-corrected chi connectivity index (χ2v) is 6.84. The van der Waals surface area contributed by atoms with Crippen LogP contribution in [0.25, 0.3) is 0 Å². The Kier molecular flexibility index (Phi) is 4.77. The van der Waals surface area contributed by atoms with Crippen molar-refractivity contribution in [2.45, 2.75) is 13.5 Å². The van der Waals surface area contributed by atoms with Crippen molar-refractivity contribution in [2.24, 2.45) is 9.98 Å². The molecule has 0 spiro atoms. The molecule has 1 N–H and O–H groups in total. The van der Waals surface area contributed by atoms with Gasteiger partial charge in [0.25, 0.3) is 5.91 Å². The van der Waals surface area contributed by atoms with E-state index < -0.39 is 0 Å². The molecule has 1 amide bonds. The van der Waals surface area contributed by atoms with Crippen molar-refractivity contribution < 1.29 is 9.21 Å². The zero-order valence-corrected chi connectivity index (χ0v) is 15.6. The van der Waals surface area contributed by atoms with Crippen molar-refractivity contribution in [3.63, 3.8) is 0 Å². The maximum atomic E-state index is 12.8. The van der Waals surface area contributed by atoms with Crippen LogP contribution in [0.2, 0.25) is 0 Å². The molecule has 0 bridgehead atoms. The van der Waals surface area contributed by atoms with Crippen LogP contribution in [0.5, 0.6) is 0 Å². The average Bonchev–Trinajstić information content (AvgIpc) is 3.25. The van der Waals surface area contributed by atoms with E-state index in [9.17, 15) is 4.79 Å². The lowest BCUT2D eigenvalue weighted by molar-refractivity contribution is 0.0948. The summed E-state index contributed by atoms with van der Waals surface area (Å²) in [6, 6.07) is 10.3. The third-order valence-corrected chi connectivity index (χ3v) is 4.78. The molecule has 0 saturated carbocycles. The molecule has 1 aromatic heterocycles. The molecule has 7 heteroatoms. The molecule has 0 saturated heterocycles. The Morgan fingerprint density at radius 1 is 1.33 bits per heavy atom. The van der Waals surface area contributed by atoms with E-state index in [-0.39, 0.29) is 5.91 Å². The highest BCUT2D eigenvalue weighted by Gasteiger charge is 2.33. The van der Waals surface area contributed by atoms with Gasteiger partial charge in [0.05, 0.1) is 17.7 Å². The van der Waals surface area contributed by atoms with Gasteiger partial charge in [-0.3, -0.25) is 9.79 Å². The molecule has 2 aromatic rings. The lowest BCUT2D eigenvalue weighted by atomic mass is 10.1. The summed E-state index contributed by atoms with van der Waals surface area (Å²) in [5.74, 6) is 1.68. The van der Waals surface area contributed by atoms with Crippen LogP contribution in [0.15, 0.2) is 44.7 Å². The van der Waals surface area contributed by atoms with Crippen LogP contribution in [0, 0.1) is 6.92 Å². The highest BCUT2D eigenvalue weighted by atomic mass is 16.4. The number of amides is 1. The van der Waals surface area contributed by atoms with Crippen molar-refractivity contribution >= 4 is 24.0 Å². The van der Waals surface area contributed by atoms with Gasteiger partial charge in [-0.2, -0.15) is 0 Å². The van der Waals surface area contributed by atoms with Crippen LogP contribution < -0.4 is 5.32 Å². The second-order valence-electron chi connectivity index (χ2n) is 6.84. The van der Waals surface area contributed by atoms with E-state index >= 15 is 0 Å². The third kappa shape index (κ3) is 3.50. The number of nitrogens with one attached hydrogen (secondary N) is 1. The van der Waals surface area contributed by atoms with Gasteiger partial charge in [0.2, 0.25) is 5.88 Å². The van der Waals surface area contributed by atoms with Gasteiger partial charge in [0, 0.05) is 26.2 Å². The number of benzene rings is 1. The lowest BCUT2D eigenvalue weighted by Gasteiger charge is -2.19. The first-order valence-electron chi connectivity index (χ1n) is 9.13. The molecule has 140 valence electrons. The monoisotopic (exact) mass is 365 g/mol. The van der Waals surface area contributed by atoms with Crippen LogP contribution in [-0.4, -0.2) is 61.1 Å². The van der Waals surface area contributed by atoms with Crippen molar-refractivity contribution in [3.8, 4) is 0 Å². The minimum Gasteiger partial charge on any atom is -0.442 e. The Hall–Kier alpha value is -2.93. The number of carbonyl (C=O) groups is 1. The molecule has 27 heavy (non-hydrogen) atoms. The maximum absolute atomic E-state index is 12.8. The molecule has 0 aliphatic carbocycles. The van der Waals surface area contributed by atoms with Gasteiger partial charge in [-0.15, -0.1) is 0 Å². The standard InChI is InChI=1S/C20H23N5O2/c1-14-16(17-18-21-9-11-25(18)13-23-20(17)27-14)19(26)22-8-10-24(2)12-15-6-4-3-5-7-15/h3-7,13H,8-12H2,1-2H3,(H,22,26). The molecular formula is C20H23N5O2. The zero-order valence-electron chi connectivity index (χ0n) is 15.6. The molecule has 7 nitrogen and oxygen atoms in total. The molecule has 1 aromatic carbocycles. The molecule has 0 fully saturated rings. The molecule has 2 aliphatic rings. The summed E-state index contributed by atoms with van der Waals surface area (Å²) in [6.07, 6.45) is 1.72. The third-order valence-electron chi connectivity index (χ3n) is 4.78. The first kappa shape index (κ1) is 17.5. The van der Waals surface area contributed by atoms with Crippen molar-refractivity contribution in [3.05, 3.63) is 52.8 Å². The topological polar surface area (TPSA) is 73.4 Å². The molecule has 0 radical (unpaired) electrons. The Morgan fingerprint density at radius 2 is 2.15 bits per heavy atom. The fraction of sp³-hybridized carbons (Fsp3) is 0.350. The van der Waals surface area contributed by atoms with E-state index in [2.05, 4.69) is 32.3 Å². The van der Waals surface area contributed by atoms with Gasteiger partial charge in [0.1, 0.15) is 17.9 Å². The number of hydrogen-bond donors (Lipinski definition) is 1. The number of amidine groups is 1.